The number of aryl methyl sites for hydroxylation is 1. The highest BCUT2D eigenvalue weighted by molar-refractivity contribution is 5.69. The molecule has 2 N–H and O–H groups in total. The van der Waals surface area contributed by atoms with Crippen molar-refractivity contribution in [1.82, 2.24) is 5.32 Å². The van der Waals surface area contributed by atoms with Crippen LogP contribution in [0.15, 0.2) is 18.2 Å². The summed E-state index contributed by atoms with van der Waals surface area (Å²) in [5.74, 6) is -0.0803. The van der Waals surface area contributed by atoms with E-state index < -0.39 is 5.97 Å². The zero-order chi connectivity index (χ0) is 12.1. The molecule has 0 saturated carbocycles. The van der Waals surface area contributed by atoms with E-state index in [1.807, 2.05) is 32.0 Å². The van der Waals surface area contributed by atoms with E-state index in [1.54, 1.807) is 7.11 Å². The molecular weight excluding hydrogens is 206 g/mol. The van der Waals surface area contributed by atoms with Gasteiger partial charge < -0.3 is 15.2 Å². The Bertz CT molecular complexity index is 377. The Labute approximate surface area is 95.2 Å². The second-order valence-electron chi connectivity index (χ2n) is 3.74. The van der Waals surface area contributed by atoms with Crippen LogP contribution in [-0.2, 0) is 4.79 Å². The van der Waals surface area contributed by atoms with Gasteiger partial charge in [0.1, 0.15) is 5.75 Å². The van der Waals surface area contributed by atoms with E-state index in [4.69, 9.17) is 9.84 Å². The topological polar surface area (TPSA) is 58.6 Å². The number of hydrogen-bond donors (Lipinski definition) is 2. The van der Waals surface area contributed by atoms with Crippen LogP contribution in [0.5, 0.6) is 5.75 Å². The zero-order valence-electron chi connectivity index (χ0n) is 9.78. The minimum Gasteiger partial charge on any atom is -0.496 e. The lowest BCUT2D eigenvalue weighted by Gasteiger charge is -2.16. The molecule has 0 bridgehead atoms. The summed E-state index contributed by atoms with van der Waals surface area (Å²) in [5.41, 5.74) is 2.08. The molecule has 0 aromatic heterocycles. The smallest absolute Gasteiger partial charge is 0.317 e. The largest absolute Gasteiger partial charge is 0.496 e. The third-order valence-electron chi connectivity index (χ3n) is 2.41. The summed E-state index contributed by atoms with van der Waals surface area (Å²) >= 11 is 0. The summed E-state index contributed by atoms with van der Waals surface area (Å²) in [7, 11) is 1.61. The van der Waals surface area contributed by atoms with Crippen LogP contribution in [0, 0.1) is 6.92 Å². The van der Waals surface area contributed by atoms with Crippen molar-refractivity contribution >= 4 is 5.97 Å². The molecule has 0 saturated heterocycles. The average molecular weight is 223 g/mol. The minimum atomic E-state index is -0.863. The molecule has 0 heterocycles. The van der Waals surface area contributed by atoms with Crippen molar-refractivity contribution in [2.45, 2.75) is 19.9 Å². The fraction of sp³-hybridized carbons (Fsp3) is 0.417. The number of rotatable bonds is 5. The van der Waals surface area contributed by atoms with Crippen LogP contribution < -0.4 is 10.1 Å². The van der Waals surface area contributed by atoms with E-state index in [1.165, 1.54) is 0 Å². The molecule has 4 nitrogen and oxygen atoms in total. The van der Waals surface area contributed by atoms with Crippen molar-refractivity contribution in [3.05, 3.63) is 29.3 Å². The van der Waals surface area contributed by atoms with Crippen molar-refractivity contribution in [3.8, 4) is 5.75 Å². The number of carboxylic acids is 1. The molecule has 0 amide bonds. The Balaban J connectivity index is 2.81. The summed E-state index contributed by atoms with van der Waals surface area (Å²) in [4.78, 5) is 10.4. The molecule has 0 aliphatic carbocycles. The second-order valence-corrected chi connectivity index (χ2v) is 3.74. The number of nitrogens with one attached hydrogen (secondary N) is 1. The van der Waals surface area contributed by atoms with Gasteiger partial charge >= 0.3 is 5.97 Å². The number of carbonyl (C=O) groups is 1. The van der Waals surface area contributed by atoms with Crippen LogP contribution in [0.1, 0.15) is 24.1 Å². The first kappa shape index (κ1) is 12.5. The lowest BCUT2D eigenvalue weighted by Crippen LogP contribution is -2.25. The van der Waals surface area contributed by atoms with Gasteiger partial charge in [-0.25, -0.2) is 0 Å². The Morgan fingerprint density at radius 1 is 1.56 bits per heavy atom. The van der Waals surface area contributed by atoms with Gasteiger partial charge in [-0.3, -0.25) is 4.79 Å². The van der Waals surface area contributed by atoms with E-state index in [2.05, 4.69) is 5.32 Å². The van der Waals surface area contributed by atoms with Gasteiger partial charge in [-0.15, -0.1) is 0 Å². The third-order valence-corrected chi connectivity index (χ3v) is 2.41. The molecule has 1 aromatic carbocycles. The van der Waals surface area contributed by atoms with Gasteiger partial charge in [0.05, 0.1) is 13.7 Å². The molecule has 1 atom stereocenters. The summed E-state index contributed by atoms with van der Waals surface area (Å²) < 4.78 is 5.27. The Morgan fingerprint density at radius 3 is 2.81 bits per heavy atom. The van der Waals surface area contributed by atoms with E-state index >= 15 is 0 Å². The predicted octanol–water partition coefficient (Wildman–Crippen LogP) is 1.74. The van der Waals surface area contributed by atoms with Crippen LogP contribution in [0.4, 0.5) is 0 Å². The van der Waals surface area contributed by atoms with Gasteiger partial charge in [-0.2, -0.15) is 0 Å². The van der Waals surface area contributed by atoms with Crippen LogP contribution in [0.3, 0.4) is 0 Å². The number of hydrogen-bond acceptors (Lipinski definition) is 3. The highest BCUT2D eigenvalue weighted by Crippen LogP contribution is 2.25. The van der Waals surface area contributed by atoms with Crippen molar-refractivity contribution in [2.75, 3.05) is 13.7 Å². The van der Waals surface area contributed by atoms with Crippen LogP contribution >= 0.6 is 0 Å². The van der Waals surface area contributed by atoms with E-state index in [-0.39, 0.29) is 12.6 Å². The zero-order valence-corrected chi connectivity index (χ0v) is 9.78. The lowest BCUT2D eigenvalue weighted by molar-refractivity contribution is -0.136. The SMILES string of the molecule is COc1cc(C)ccc1C(C)NCC(=O)O. The standard InChI is InChI=1S/C12H17NO3/c1-8-4-5-10(11(6-8)16-3)9(2)13-7-12(14)15/h4-6,9,13H,7H2,1-3H3,(H,14,15). The maximum absolute atomic E-state index is 10.4. The Kier molecular flexibility index (Phi) is 4.31. The van der Waals surface area contributed by atoms with Gasteiger partial charge in [0, 0.05) is 11.6 Å². The normalized spacial score (nSPS) is 12.2. The first-order chi connectivity index (χ1) is 7.54. The third kappa shape index (κ3) is 3.24. The fourth-order valence-electron chi connectivity index (χ4n) is 1.53. The molecule has 0 aliphatic rings. The van der Waals surface area contributed by atoms with Gasteiger partial charge in [-0.05, 0) is 25.5 Å². The van der Waals surface area contributed by atoms with Crippen LogP contribution in [0.25, 0.3) is 0 Å². The molecule has 1 unspecified atom stereocenters. The molecule has 0 aliphatic heterocycles. The second kappa shape index (κ2) is 5.51. The van der Waals surface area contributed by atoms with Gasteiger partial charge in [0.15, 0.2) is 0 Å². The highest BCUT2D eigenvalue weighted by atomic mass is 16.5. The molecule has 1 aromatic rings. The fourth-order valence-corrected chi connectivity index (χ4v) is 1.53. The first-order valence-corrected chi connectivity index (χ1v) is 5.14. The molecule has 0 spiro atoms. The van der Waals surface area contributed by atoms with E-state index in [0.717, 1.165) is 16.9 Å². The number of ether oxygens (including phenoxy) is 1. The maximum atomic E-state index is 10.4. The number of benzene rings is 1. The highest BCUT2D eigenvalue weighted by Gasteiger charge is 2.11. The molecule has 88 valence electrons. The van der Waals surface area contributed by atoms with E-state index in [0.29, 0.717) is 0 Å². The first-order valence-electron chi connectivity index (χ1n) is 5.14. The van der Waals surface area contributed by atoms with E-state index in [9.17, 15) is 4.79 Å². The van der Waals surface area contributed by atoms with Crippen LogP contribution in [-0.4, -0.2) is 24.7 Å². The monoisotopic (exact) mass is 223 g/mol. The summed E-state index contributed by atoms with van der Waals surface area (Å²) in [5, 5.41) is 11.5. The van der Waals surface area contributed by atoms with Gasteiger partial charge in [0.25, 0.3) is 0 Å². The quantitative estimate of drug-likeness (QED) is 0.798. The predicted molar refractivity (Wildman–Crippen MR) is 61.8 cm³/mol. The summed E-state index contributed by atoms with van der Waals surface area (Å²) in [6.45, 7) is 3.84. The minimum absolute atomic E-state index is 0.0494. The lowest BCUT2D eigenvalue weighted by atomic mass is 10.1. The maximum Gasteiger partial charge on any atom is 0.317 e. The number of carboxylic acid groups (broad SMARTS) is 1. The van der Waals surface area contributed by atoms with Crippen molar-refractivity contribution < 1.29 is 14.6 Å². The molecule has 0 radical (unpaired) electrons. The molecule has 16 heavy (non-hydrogen) atoms. The molecule has 0 fully saturated rings. The summed E-state index contributed by atoms with van der Waals surface area (Å²) in [6.07, 6.45) is 0. The number of methoxy groups -OCH3 is 1. The van der Waals surface area contributed by atoms with Gasteiger partial charge in [-0.1, -0.05) is 12.1 Å². The number of aliphatic carboxylic acids is 1. The average Bonchev–Trinajstić information content (AvgIpc) is 2.25. The molecular formula is C12H17NO3. The molecule has 4 heteroatoms. The van der Waals surface area contributed by atoms with Crippen LogP contribution in [0.2, 0.25) is 0 Å². The van der Waals surface area contributed by atoms with Crippen molar-refractivity contribution in [1.29, 1.82) is 0 Å². The Hall–Kier alpha value is -1.55. The van der Waals surface area contributed by atoms with Gasteiger partial charge in [0.2, 0.25) is 0 Å². The Morgan fingerprint density at radius 2 is 2.25 bits per heavy atom. The van der Waals surface area contributed by atoms with Crippen molar-refractivity contribution in [3.63, 3.8) is 0 Å². The summed E-state index contributed by atoms with van der Waals surface area (Å²) in [6, 6.07) is 5.82. The molecule has 1 rings (SSSR count). The van der Waals surface area contributed by atoms with Crippen molar-refractivity contribution in [2.24, 2.45) is 0 Å².